The summed E-state index contributed by atoms with van der Waals surface area (Å²) in [5, 5.41) is 8.30. The summed E-state index contributed by atoms with van der Waals surface area (Å²) in [6.07, 6.45) is 0.401. The Kier molecular flexibility index (Phi) is 13.0. The lowest BCUT2D eigenvalue weighted by Crippen LogP contribution is -2.56. The number of nitrogens with one attached hydrogen (secondary N) is 3. The Balaban J connectivity index is 1.48. The van der Waals surface area contributed by atoms with Crippen LogP contribution in [-0.2, 0) is 36.8 Å². The molecule has 4 rings (SSSR count). The molecular weight excluding hydrogens is 616 g/mol. The molecule has 0 aliphatic heterocycles. The minimum absolute atomic E-state index is 0.190. The van der Waals surface area contributed by atoms with Crippen molar-refractivity contribution in [1.29, 1.82) is 0 Å². The van der Waals surface area contributed by atoms with Gasteiger partial charge in [-0.2, -0.15) is 0 Å². The fraction of sp³-hybridized carbons (Fsp3) is 0.275. The maximum Gasteiger partial charge on any atom is 0.329 e. The number of aliphatic imine (C=N–C) groups is 1. The molecule has 0 unspecified atom stereocenters. The standard InChI is InChI=1S/C40H44N4O5/c1-28(37(46)44-34(39(48)49-40(2,3)4)26-30-19-11-6-12-20-30)42-38(47)33(25-29-17-9-5-10-18-29)43-35(45)27-41-36(31-21-13-7-14-22-31)32-23-15-8-16-24-32/h5-24,28,33-34H,25-27H2,1-4H3,(H,42,47)(H,43,45)(H,44,46)/t28-,33-,34+/m1/s1. The van der Waals surface area contributed by atoms with Gasteiger partial charge in [0.1, 0.15) is 30.3 Å². The molecule has 3 atom stereocenters. The fourth-order valence-corrected chi connectivity index (χ4v) is 5.08. The first-order valence-electron chi connectivity index (χ1n) is 16.3. The van der Waals surface area contributed by atoms with E-state index >= 15 is 0 Å². The second-order valence-electron chi connectivity index (χ2n) is 12.7. The third kappa shape index (κ3) is 11.9. The maximum absolute atomic E-state index is 13.6. The van der Waals surface area contributed by atoms with Crippen LogP contribution in [0.3, 0.4) is 0 Å². The minimum atomic E-state index is -1.02. The number of ether oxygens (including phenoxy) is 1. The number of benzene rings is 4. The van der Waals surface area contributed by atoms with Gasteiger partial charge in [0.2, 0.25) is 17.7 Å². The van der Waals surface area contributed by atoms with E-state index in [4.69, 9.17) is 4.74 Å². The SMILES string of the molecule is C[C@@H](NC(=O)[C@@H](Cc1ccccc1)NC(=O)CN=C(c1ccccc1)c1ccccc1)C(=O)N[C@@H](Cc1ccccc1)C(=O)OC(C)(C)C. The molecule has 254 valence electrons. The monoisotopic (exact) mass is 660 g/mol. The highest BCUT2D eigenvalue weighted by atomic mass is 16.6. The molecule has 0 bridgehead atoms. The van der Waals surface area contributed by atoms with Crippen molar-refractivity contribution in [3.63, 3.8) is 0 Å². The number of esters is 1. The molecular formula is C40H44N4O5. The Bertz CT molecular complexity index is 1660. The smallest absolute Gasteiger partial charge is 0.329 e. The van der Waals surface area contributed by atoms with Gasteiger partial charge in [0.15, 0.2) is 0 Å². The van der Waals surface area contributed by atoms with Crippen LogP contribution in [0.1, 0.15) is 49.9 Å². The molecule has 4 aromatic rings. The summed E-state index contributed by atoms with van der Waals surface area (Å²) in [6.45, 7) is 6.58. The molecule has 49 heavy (non-hydrogen) atoms. The molecule has 0 spiro atoms. The maximum atomic E-state index is 13.6. The lowest BCUT2D eigenvalue weighted by atomic mass is 10.0. The molecule has 0 saturated carbocycles. The largest absolute Gasteiger partial charge is 0.458 e. The Morgan fingerprint density at radius 1 is 0.612 bits per heavy atom. The molecule has 9 heteroatoms. The van der Waals surface area contributed by atoms with E-state index in [9.17, 15) is 19.2 Å². The van der Waals surface area contributed by atoms with E-state index in [1.807, 2.05) is 121 Å². The Labute approximate surface area is 288 Å². The average Bonchev–Trinajstić information content (AvgIpc) is 3.09. The zero-order valence-corrected chi connectivity index (χ0v) is 28.4. The van der Waals surface area contributed by atoms with E-state index in [1.54, 1.807) is 20.8 Å². The fourth-order valence-electron chi connectivity index (χ4n) is 5.08. The molecule has 0 saturated heterocycles. The van der Waals surface area contributed by atoms with Crippen LogP contribution in [0.4, 0.5) is 0 Å². The molecule has 9 nitrogen and oxygen atoms in total. The van der Waals surface area contributed by atoms with Crippen LogP contribution in [0, 0.1) is 0 Å². The summed E-state index contributed by atoms with van der Waals surface area (Å²) in [4.78, 5) is 58.0. The Hall–Kier alpha value is -5.57. The summed E-state index contributed by atoms with van der Waals surface area (Å²) in [5.74, 6) is -2.15. The van der Waals surface area contributed by atoms with E-state index in [2.05, 4.69) is 20.9 Å². The summed E-state index contributed by atoms with van der Waals surface area (Å²) in [5.41, 5.74) is 3.28. The van der Waals surface area contributed by atoms with Gasteiger partial charge in [-0.1, -0.05) is 121 Å². The number of hydrogen-bond acceptors (Lipinski definition) is 6. The van der Waals surface area contributed by atoms with Gasteiger partial charge in [0.05, 0.1) is 5.71 Å². The van der Waals surface area contributed by atoms with Gasteiger partial charge >= 0.3 is 5.97 Å². The molecule has 3 amide bonds. The Morgan fingerprint density at radius 2 is 1.06 bits per heavy atom. The van der Waals surface area contributed by atoms with E-state index < -0.39 is 47.4 Å². The summed E-state index contributed by atoms with van der Waals surface area (Å²) in [6, 6.07) is 34.7. The first-order chi connectivity index (χ1) is 23.5. The van der Waals surface area contributed by atoms with Gasteiger partial charge < -0.3 is 20.7 Å². The summed E-state index contributed by atoms with van der Waals surface area (Å²) >= 11 is 0. The zero-order chi connectivity index (χ0) is 35.2. The Morgan fingerprint density at radius 3 is 1.53 bits per heavy atom. The lowest BCUT2D eigenvalue weighted by molar-refractivity contribution is -0.158. The van der Waals surface area contributed by atoms with Crippen LogP contribution in [-0.4, -0.2) is 59.7 Å². The quantitative estimate of drug-likeness (QED) is 0.132. The van der Waals surface area contributed by atoms with Gasteiger partial charge in [0, 0.05) is 24.0 Å². The molecule has 0 aromatic heterocycles. The van der Waals surface area contributed by atoms with Crippen molar-refractivity contribution in [1.82, 2.24) is 16.0 Å². The minimum Gasteiger partial charge on any atom is -0.458 e. The molecule has 0 fully saturated rings. The number of amides is 3. The van der Waals surface area contributed by atoms with Crippen LogP contribution in [0.15, 0.2) is 126 Å². The first kappa shape index (κ1) is 36.3. The molecule has 0 radical (unpaired) electrons. The second kappa shape index (κ2) is 17.5. The van der Waals surface area contributed by atoms with Gasteiger partial charge in [0.25, 0.3) is 0 Å². The van der Waals surface area contributed by atoms with Crippen molar-refractivity contribution in [3.05, 3.63) is 144 Å². The summed E-state index contributed by atoms with van der Waals surface area (Å²) in [7, 11) is 0. The van der Waals surface area contributed by atoms with Crippen molar-refractivity contribution >= 4 is 29.4 Å². The van der Waals surface area contributed by atoms with Crippen LogP contribution in [0.25, 0.3) is 0 Å². The zero-order valence-electron chi connectivity index (χ0n) is 28.4. The van der Waals surface area contributed by atoms with Crippen LogP contribution in [0.2, 0.25) is 0 Å². The lowest BCUT2D eigenvalue weighted by Gasteiger charge is -2.26. The third-order valence-corrected chi connectivity index (χ3v) is 7.45. The van der Waals surface area contributed by atoms with E-state index in [0.29, 0.717) is 5.71 Å². The topological polar surface area (TPSA) is 126 Å². The van der Waals surface area contributed by atoms with Crippen molar-refractivity contribution in [2.24, 2.45) is 4.99 Å². The number of nitrogens with zero attached hydrogens (tertiary/aromatic N) is 1. The highest BCUT2D eigenvalue weighted by molar-refractivity contribution is 6.13. The van der Waals surface area contributed by atoms with E-state index in [0.717, 1.165) is 22.3 Å². The van der Waals surface area contributed by atoms with Crippen LogP contribution in [0.5, 0.6) is 0 Å². The average molecular weight is 661 g/mol. The van der Waals surface area contributed by atoms with Gasteiger partial charge in [-0.3, -0.25) is 19.4 Å². The van der Waals surface area contributed by atoms with Gasteiger partial charge in [-0.25, -0.2) is 4.79 Å². The second-order valence-corrected chi connectivity index (χ2v) is 12.7. The predicted molar refractivity (Wildman–Crippen MR) is 191 cm³/mol. The van der Waals surface area contributed by atoms with Crippen LogP contribution >= 0.6 is 0 Å². The normalized spacial score (nSPS) is 12.8. The van der Waals surface area contributed by atoms with E-state index in [1.165, 1.54) is 6.92 Å². The highest BCUT2D eigenvalue weighted by Gasteiger charge is 2.30. The number of rotatable bonds is 14. The highest BCUT2D eigenvalue weighted by Crippen LogP contribution is 2.13. The third-order valence-electron chi connectivity index (χ3n) is 7.45. The van der Waals surface area contributed by atoms with Crippen LogP contribution < -0.4 is 16.0 Å². The van der Waals surface area contributed by atoms with Crippen molar-refractivity contribution < 1.29 is 23.9 Å². The van der Waals surface area contributed by atoms with E-state index in [-0.39, 0.29) is 19.4 Å². The predicted octanol–water partition coefficient (Wildman–Crippen LogP) is 4.83. The molecule has 4 aromatic carbocycles. The van der Waals surface area contributed by atoms with Crippen molar-refractivity contribution in [3.8, 4) is 0 Å². The van der Waals surface area contributed by atoms with Gasteiger partial charge in [-0.05, 0) is 38.8 Å². The molecule has 0 aliphatic rings. The van der Waals surface area contributed by atoms with Gasteiger partial charge in [-0.15, -0.1) is 0 Å². The molecule has 3 N–H and O–H groups in total. The number of carbonyl (C=O) groups is 4. The summed E-state index contributed by atoms with van der Waals surface area (Å²) < 4.78 is 5.58. The van der Waals surface area contributed by atoms with Crippen molar-refractivity contribution in [2.45, 2.75) is 64.3 Å². The number of carbonyl (C=O) groups excluding carboxylic acids is 4. The molecule has 0 aliphatic carbocycles. The molecule has 0 heterocycles. The first-order valence-corrected chi connectivity index (χ1v) is 16.3. The van der Waals surface area contributed by atoms with Crippen molar-refractivity contribution in [2.75, 3.05) is 6.54 Å². The number of hydrogen-bond donors (Lipinski definition) is 3.